The van der Waals surface area contributed by atoms with E-state index in [2.05, 4.69) is 132 Å². The topological polar surface area (TPSA) is 169 Å². The number of alkyl halides is 6. The monoisotopic (exact) mass is 1130 g/mol. The minimum absolute atomic E-state index is 0.0509. The van der Waals surface area contributed by atoms with Crippen molar-refractivity contribution in [3.8, 4) is 0 Å². The lowest BCUT2D eigenvalue weighted by molar-refractivity contribution is -0.174. The number of nitrogens with two attached hydrogens (primary N) is 2. The third-order valence-electron chi connectivity index (χ3n) is 15.5. The number of aliphatic hydroxyl groups excluding tert-OH is 2. The number of nitrogens with one attached hydrogen (secondary N) is 2. The summed E-state index contributed by atoms with van der Waals surface area (Å²) in [6, 6.07) is 42.2. The molecule has 4 aromatic rings. The summed E-state index contributed by atoms with van der Waals surface area (Å²) in [5.41, 5.74) is 11.7. The SMILES string of the molecule is CC(C)(C)[Si](OC1CCC(N)CC1)(c1ccccc1)c1ccccc1.CC(C)(C)[Si](OC1CCC(NC(=O)C(F)(F)F)CC1)(c1ccccc1)c1ccccc1.NC1CCC(O)CC1.O=C(NC1CCC(O)CC1)C(F)(F)F. The quantitative estimate of drug-likeness (QED) is 0.0674. The molecule has 4 aliphatic carbocycles. The van der Waals surface area contributed by atoms with E-state index in [1.54, 1.807) is 0 Å². The van der Waals surface area contributed by atoms with Crippen LogP contribution in [0, 0.1) is 0 Å². The number of hydrogen-bond donors (Lipinski definition) is 6. The van der Waals surface area contributed by atoms with Gasteiger partial charge in [0.2, 0.25) is 0 Å². The van der Waals surface area contributed by atoms with Gasteiger partial charge in [0.25, 0.3) is 16.6 Å². The van der Waals surface area contributed by atoms with Crippen LogP contribution in [0.1, 0.15) is 144 Å². The zero-order valence-corrected chi connectivity index (χ0v) is 48.4. The predicted octanol–water partition coefficient (Wildman–Crippen LogP) is 9.60. The number of hydrogen-bond acceptors (Lipinski definition) is 8. The van der Waals surface area contributed by atoms with Gasteiger partial charge in [-0.3, -0.25) is 9.59 Å². The summed E-state index contributed by atoms with van der Waals surface area (Å²) in [7, 11) is -5.09. The van der Waals surface area contributed by atoms with Gasteiger partial charge < -0.3 is 41.2 Å². The van der Waals surface area contributed by atoms with Crippen LogP contribution in [0.3, 0.4) is 0 Å². The number of halogens is 6. The summed E-state index contributed by atoms with van der Waals surface area (Å²) in [5.74, 6) is -3.75. The Morgan fingerprint density at radius 1 is 0.423 bits per heavy atom. The molecular weight excluding hydrogens is 1040 g/mol. The van der Waals surface area contributed by atoms with Gasteiger partial charge in [-0.25, -0.2) is 0 Å². The van der Waals surface area contributed by atoms with Crippen LogP contribution in [-0.2, 0) is 18.4 Å². The second-order valence-corrected chi connectivity index (χ2v) is 32.1. The summed E-state index contributed by atoms with van der Waals surface area (Å²) in [6.07, 6.45) is 2.10. The van der Waals surface area contributed by atoms with Crippen molar-refractivity contribution in [3.05, 3.63) is 121 Å². The van der Waals surface area contributed by atoms with Gasteiger partial charge >= 0.3 is 24.2 Å². The molecule has 0 atom stereocenters. The molecule has 0 saturated heterocycles. The molecule has 0 radical (unpaired) electrons. The fourth-order valence-electron chi connectivity index (χ4n) is 11.3. The van der Waals surface area contributed by atoms with Crippen molar-refractivity contribution in [2.45, 2.75) is 215 Å². The van der Waals surface area contributed by atoms with Crippen molar-refractivity contribution in [2.75, 3.05) is 0 Å². The molecule has 2 amide bonds. The molecule has 4 fully saturated rings. The molecule has 18 heteroatoms. The average Bonchev–Trinajstić information content (AvgIpc) is 3.56. The van der Waals surface area contributed by atoms with Gasteiger partial charge in [-0.1, -0.05) is 163 Å². The Labute approximate surface area is 461 Å². The van der Waals surface area contributed by atoms with Crippen LogP contribution < -0.4 is 42.8 Å². The molecule has 432 valence electrons. The fourth-order valence-corrected chi connectivity index (χ4v) is 20.8. The van der Waals surface area contributed by atoms with Crippen molar-refractivity contribution in [2.24, 2.45) is 11.5 Å². The lowest BCUT2D eigenvalue weighted by Crippen LogP contribution is -2.68. The first-order chi connectivity index (χ1) is 36.7. The molecular formula is C60H86F6N4O6Si2. The molecule has 0 aromatic heterocycles. The van der Waals surface area contributed by atoms with Gasteiger partial charge in [-0.2, -0.15) is 26.3 Å². The highest BCUT2D eigenvalue weighted by Gasteiger charge is 2.53. The van der Waals surface area contributed by atoms with E-state index < -0.39 is 59.0 Å². The summed E-state index contributed by atoms with van der Waals surface area (Å²) in [5, 5.41) is 27.1. The Bertz CT molecular complexity index is 2280. The largest absolute Gasteiger partial charge is 0.471 e. The molecule has 8 N–H and O–H groups in total. The normalized spacial score (nSPS) is 24.3. The van der Waals surface area contributed by atoms with Crippen LogP contribution in [0.15, 0.2) is 121 Å². The molecule has 0 bridgehead atoms. The van der Waals surface area contributed by atoms with E-state index in [1.807, 2.05) is 41.7 Å². The molecule has 4 aliphatic rings. The summed E-state index contributed by atoms with van der Waals surface area (Å²) in [4.78, 5) is 21.8. The summed E-state index contributed by atoms with van der Waals surface area (Å²) < 4.78 is 87.4. The van der Waals surface area contributed by atoms with Crippen molar-refractivity contribution in [1.82, 2.24) is 10.6 Å². The highest BCUT2D eigenvalue weighted by Crippen LogP contribution is 2.41. The lowest BCUT2D eigenvalue weighted by Gasteiger charge is -2.46. The van der Waals surface area contributed by atoms with Gasteiger partial charge in [0, 0.05) is 36.4 Å². The Morgan fingerprint density at radius 2 is 0.654 bits per heavy atom. The van der Waals surface area contributed by atoms with Gasteiger partial charge in [0.05, 0.1) is 12.2 Å². The van der Waals surface area contributed by atoms with Crippen LogP contribution in [-0.4, -0.2) is 99.6 Å². The van der Waals surface area contributed by atoms with Crippen LogP contribution in [0.2, 0.25) is 10.1 Å². The van der Waals surface area contributed by atoms with Crippen molar-refractivity contribution >= 4 is 49.2 Å². The van der Waals surface area contributed by atoms with E-state index in [0.29, 0.717) is 69.6 Å². The molecule has 4 saturated carbocycles. The number of aliphatic hydroxyl groups is 2. The standard InChI is InChI=1S/C24H30F3NO2Si.C22H31NOSi.C8H12F3NO2.C6H13NO/c1-23(2,3)31(20-10-6-4-7-11-20,21-12-8-5-9-13-21)30-19-16-14-18(15-17-19)28-22(29)24(25,26)27;1-22(2,3)25(20-10-6-4-7-11-20,21-12-8-5-9-13-21)24-19-16-14-18(23)15-17-19;9-8(10,11)7(14)12-5-1-3-6(13)4-2-5;7-5-1-3-6(8)4-2-5/h4-13,18-19H,14-17H2,1-3H3,(H,28,29);4-13,18-19H,14-17,23H2,1-3H3;5-6,13H,1-4H2,(H,12,14);5-6,8H,1-4,7H2. The second-order valence-electron chi connectivity index (χ2n) is 23.6. The first-order valence-corrected chi connectivity index (χ1v) is 31.7. The highest BCUT2D eigenvalue weighted by atomic mass is 28.4. The van der Waals surface area contributed by atoms with Crippen molar-refractivity contribution in [3.63, 3.8) is 0 Å². The number of benzene rings is 4. The van der Waals surface area contributed by atoms with Crippen LogP contribution in [0.25, 0.3) is 0 Å². The van der Waals surface area contributed by atoms with Crippen LogP contribution in [0.5, 0.6) is 0 Å². The van der Waals surface area contributed by atoms with Crippen LogP contribution in [0.4, 0.5) is 26.3 Å². The van der Waals surface area contributed by atoms with Gasteiger partial charge in [0.1, 0.15) is 0 Å². The van der Waals surface area contributed by atoms with Crippen molar-refractivity contribution < 1.29 is 55.0 Å². The van der Waals surface area contributed by atoms with E-state index in [0.717, 1.165) is 51.4 Å². The Balaban J connectivity index is 0.000000211. The maximum atomic E-state index is 12.6. The first-order valence-electron chi connectivity index (χ1n) is 27.9. The second kappa shape index (κ2) is 28.8. The minimum atomic E-state index is -4.84. The smallest absolute Gasteiger partial charge is 0.404 e. The van der Waals surface area contributed by atoms with E-state index in [1.165, 1.54) is 20.7 Å². The molecule has 8 rings (SSSR count). The summed E-state index contributed by atoms with van der Waals surface area (Å²) >= 11 is 0. The summed E-state index contributed by atoms with van der Waals surface area (Å²) in [6.45, 7) is 13.6. The first kappa shape index (κ1) is 64.4. The van der Waals surface area contributed by atoms with Gasteiger partial charge in [0.15, 0.2) is 0 Å². The molecule has 10 nitrogen and oxygen atoms in total. The Morgan fingerprint density at radius 3 is 0.897 bits per heavy atom. The minimum Gasteiger partial charge on any atom is -0.404 e. The van der Waals surface area contributed by atoms with Crippen molar-refractivity contribution in [1.29, 1.82) is 0 Å². The van der Waals surface area contributed by atoms with E-state index in [4.69, 9.17) is 30.5 Å². The number of carbonyl (C=O) groups excluding carboxylic acids is 2. The molecule has 4 aromatic carbocycles. The van der Waals surface area contributed by atoms with Crippen LogP contribution >= 0.6 is 0 Å². The Hall–Kier alpha value is -4.41. The van der Waals surface area contributed by atoms with E-state index >= 15 is 0 Å². The molecule has 0 spiro atoms. The van der Waals surface area contributed by atoms with E-state index in [-0.39, 0.29) is 22.3 Å². The Kier molecular flexibility index (Phi) is 23.8. The number of rotatable bonds is 10. The third kappa shape index (κ3) is 18.3. The van der Waals surface area contributed by atoms with Gasteiger partial charge in [-0.15, -0.1) is 0 Å². The third-order valence-corrected chi connectivity index (χ3v) is 25.7. The highest BCUT2D eigenvalue weighted by molar-refractivity contribution is 7.00. The average molecular weight is 1130 g/mol. The fraction of sp³-hybridized carbons (Fsp3) is 0.567. The maximum absolute atomic E-state index is 12.6. The molecule has 0 heterocycles. The van der Waals surface area contributed by atoms with Gasteiger partial charge in [-0.05, 0) is 134 Å². The molecule has 0 unspecified atom stereocenters. The predicted molar refractivity (Wildman–Crippen MR) is 303 cm³/mol. The molecule has 0 aliphatic heterocycles. The zero-order valence-electron chi connectivity index (χ0n) is 46.4. The zero-order chi connectivity index (χ0) is 57.4. The number of carbonyl (C=O) groups is 2. The maximum Gasteiger partial charge on any atom is 0.471 e. The lowest BCUT2D eigenvalue weighted by atomic mass is 9.93. The number of amides is 2. The molecule has 78 heavy (non-hydrogen) atoms. The van der Waals surface area contributed by atoms with E-state index in [9.17, 15) is 35.9 Å².